The molecule has 1 aliphatic heterocycles. The molecule has 0 radical (unpaired) electrons. The third kappa shape index (κ3) is 3.45. The second kappa shape index (κ2) is 8.39. The first-order valence-corrected chi connectivity index (χ1v) is 9.76. The molecule has 0 aromatic heterocycles. The fourth-order valence-corrected chi connectivity index (χ4v) is 4.09. The van der Waals surface area contributed by atoms with Gasteiger partial charge in [0.05, 0.1) is 24.7 Å². The minimum atomic E-state index is -0.597. The van der Waals surface area contributed by atoms with Crippen molar-refractivity contribution in [3.8, 4) is 11.8 Å². The molecule has 1 atom stereocenters. The number of allylic oxidation sites excluding steroid dienone is 2. The molecule has 1 heterocycles. The van der Waals surface area contributed by atoms with Crippen LogP contribution in [0.3, 0.4) is 0 Å². The summed E-state index contributed by atoms with van der Waals surface area (Å²) in [5, 5.41) is 9.78. The lowest BCUT2D eigenvalue weighted by molar-refractivity contribution is -0.139. The van der Waals surface area contributed by atoms with Gasteiger partial charge in [0.1, 0.15) is 23.2 Å². The van der Waals surface area contributed by atoms with E-state index in [-0.39, 0.29) is 18.1 Å². The summed E-state index contributed by atoms with van der Waals surface area (Å²) in [6, 6.07) is 6.03. The first-order valence-electron chi connectivity index (χ1n) is 9.76. The molecule has 1 unspecified atom stereocenters. The van der Waals surface area contributed by atoms with E-state index >= 15 is 0 Å². The SMILES string of the molecule is CCOC(=O)C1=C(C)OC(N)=C(C#N)C1c1ccc(OCC)c2c1CCCC2. The topological polar surface area (TPSA) is 94.6 Å². The Labute approximate surface area is 165 Å². The molecule has 28 heavy (non-hydrogen) atoms. The smallest absolute Gasteiger partial charge is 0.338 e. The summed E-state index contributed by atoms with van der Waals surface area (Å²) < 4.78 is 16.6. The van der Waals surface area contributed by atoms with E-state index in [9.17, 15) is 10.1 Å². The lowest BCUT2D eigenvalue weighted by Gasteiger charge is -2.30. The monoisotopic (exact) mass is 382 g/mol. The number of carbonyl (C=O) groups is 1. The molecular weight excluding hydrogens is 356 g/mol. The summed E-state index contributed by atoms with van der Waals surface area (Å²) in [6.07, 6.45) is 3.93. The number of nitrogens with zero attached hydrogens (tertiary/aromatic N) is 1. The van der Waals surface area contributed by atoms with E-state index in [0.29, 0.717) is 17.9 Å². The van der Waals surface area contributed by atoms with Crippen molar-refractivity contribution in [3.05, 3.63) is 51.6 Å². The Morgan fingerprint density at radius 3 is 2.61 bits per heavy atom. The van der Waals surface area contributed by atoms with E-state index in [2.05, 4.69) is 6.07 Å². The summed E-state index contributed by atoms with van der Waals surface area (Å²) in [5.74, 6) is 0.209. The van der Waals surface area contributed by atoms with Crippen molar-refractivity contribution in [2.75, 3.05) is 13.2 Å². The Morgan fingerprint density at radius 2 is 1.96 bits per heavy atom. The normalized spacial score (nSPS) is 18.9. The number of hydrogen-bond donors (Lipinski definition) is 1. The van der Waals surface area contributed by atoms with E-state index in [1.54, 1.807) is 13.8 Å². The highest BCUT2D eigenvalue weighted by molar-refractivity contribution is 5.92. The van der Waals surface area contributed by atoms with Crippen molar-refractivity contribution in [2.24, 2.45) is 5.73 Å². The number of carbonyl (C=O) groups excluding carboxylic acids is 1. The number of nitrogens with two attached hydrogens (primary N) is 1. The van der Waals surface area contributed by atoms with E-state index in [4.69, 9.17) is 19.9 Å². The van der Waals surface area contributed by atoms with Gasteiger partial charge in [0.25, 0.3) is 0 Å². The first kappa shape index (κ1) is 19.8. The highest BCUT2D eigenvalue weighted by Crippen LogP contribution is 2.44. The van der Waals surface area contributed by atoms with E-state index in [0.717, 1.165) is 48.1 Å². The third-order valence-corrected chi connectivity index (χ3v) is 5.24. The van der Waals surface area contributed by atoms with Gasteiger partial charge in [-0.25, -0.2) is 4.79 Å². The fourth-order valence-electron chi connectivity index (χ4n) is 4.09. The van der Waals surface area contributed by atoms with Gasteiger partial charge < -0.3 is 19.9 Å². The Kier molecular flexibility index (Phi) is 5.93. The lowest BCUT2D eigenvalue weighted by Crippen LogP contribution is -2.27. The maximum absolute atomic E-state index is 12.7. The highest BCUT2D eigenvalue weighted by atomic mass is 16.5. The molecule has 1 aromatic carbocycles. The van der Waals surface area contributed by atoms with Crippen LogP contribution in [0, 0.1) is 11.3 Å². The van der Waals surface area contributed by atoms with Crippen LogP contribution in [0.1, 0.15) is 56.2 Å². The fraction of sp³-hybridized carbons (Fsp3) is 0.455. The van der Waals surface area contributed by atoms with Crippen molar-refractivity contribution in [1.29, 1.82) is 5.26 Å². The third-order valence-electron chi connectivity index (χ3n) is 5.24. The number of hydrogen-bond acceptors (Lipinski definition) is 6. The molecule has 2 aliphatic rings. The van der Waals surface area contributed by atoms with E-state index < -0.39 is 11.9 Å². The first-order chi connectivity index (χ1) is 13.5. The van der Waals surface area contributed by atoms with Gasteiger partial charge in [0.15, 0.2) is 0 Å². The molecule has 1 aromatic rings. The Bertz CT molecular complexity index is 893. The zero-order chi connectivity index (χ0) is 20.3. The van der Waals surface area contributed by atoms with Crippen LogP contribution >= 0.6 is 0 Å². The van der Waals surface area contributed by atoms with Gasteiger partial charge in [-0.1, -0.05) is 6.07 Å². The van der Waals surface area contributed by atoms with Crippen molar-refractivity contribution in [2.45, 2.75) is 52.4 Å². The molecule has 6 heteroatoms. The second-order valence-corrected chi connectivity index (χ2v) is 6.87. The Hall–Kier alpha value is -2.94. The maximum Gasteiger partial charge on any atom is 0.338 e. The zero-order valence-electron chi connectivity index (χ0n) is 16.6. The summed E-state index contributed by atoms with van der Waals surface area (Å²) in [4.78, 5) is 12.7. The second-order valence-electron chi connectivity index (χ2n) is 6.87. The van der Waals surface area contributed by atoms with Crippen molar-refractivity contribution < 1.29 is 19.0 Å². The van der Waals surface area contributed by atoms with Crippen LogP contribution < -0.4 is 10.5 Å². The molecule has 0 amide bonds. The van der Waals surface area contributed by atoms with Crippen LogP contribution in [-0.4, -0.2) is 19.2 Å². The van der Waals surface area contributed by atoms with Crippen LogP contribution in [0.25, 0.3) is 0 Å². The maximum atomic E-state index is 12.7. The Morgan fingerprint density at radius 1 is 1.25 bits per heavy atom. The lowest BCUT2D eigenvalue weighted by atomic mass is 9.76. The summed E-state index contributed by atoms with van der Waals surface area (Å²) in [6.45, 7) is 6.23. The number of rotatable bonds is 5. The molecule has 0 saturated heterocycles. The number of ether oxygens (including phenoxy) is 3. The zero-order valence-corrected chi connectivity index (χ0v) is 16.6. The minimum Gasteiger partial charge on any atom is -0.494 e. The molecular formula is C22H26N2O4. The van der Waals surface area contributed by atoms with Crippen LogP contribution in [0.5, 0.6) is 5.75 Å². The standard InChI is InChI=1S/C22H26N2O4/c1-4-26-18-11-10-16(14-8-6-7-9-15(14)18)20-17(12-23)21(24)28-13(3)19(20)22(25)27-5-2/h10-11,20H,4-9,24H2,1-3H3. The number of fused-ring (bicyclic) bond motifs is 1. The predicted molar refractivity (Wildman–Crippen MR) is 104 cm³/mol. The van der Waals surface area contributed by atoms with Crippen LogP contribution in [0.2, 0.25) is 0 Å². The van der Waals surface area contributed by atoms with Crippen molar-refractivity contribution in [3.63, 3.8) is 0 Å². The summed E-state index contributed by atoms with van der Waals surface area (Å²) in [7, 11) is 0. The molecule has 0 spiro atoms. The van der Waals surface area contributed by atoms with Crippen LogP contribution in [-0.2, 0) is 27.1 Å². The average Bonchev–Trinajstić information content (AvgIpc) is 2.68. The molecule has 0 bridgehead atoms. The highest BCUT2D eigenvalue weighted by Gasteiger charge is 2.38. The van der Waals surface area contributed by atoms with Crippen LogP contribution in [0.4, 0.5) is 0 Å². The molecule has 0 saturated carbocycles. The van der Waals surface area contributed by atoms with Gasteiger partial charge in [-0.2, -0.15) is 5.26 Å². The van der Waals surface area contributed by atoms with E-state index in [1.807, 2.05) is 19.1 Å². The molecule has 2 N–H and O–H groups in total. The molecule has 1 aliphatic carbocycles. The van der Waals surface area contributed by atoms with E-state index in [1.165, 1.54) is 0 Å². The largest absolute Gasteiger partial charge is 0.494 e. The summed E-state index contributed by atoms with van der Waals surface area (Å²) in [5.41, 5.74) is 9.81. The van der Waals surface area contributed by atoms with Gasteiger partial charge >= 0.3 is 5.97 Å². The molecule has 6 nitrogen and oxygen atoms in total. The van der Waals surface area contributed by atoms with Gasteiger partial charge in [0, 0.05) is 0 Å². The number of benzene rings is 1. The van der Waals surface area contributed by atoms with Crippen LogP contribution in [0.15, 0.2) is 34.9 Å². The summed E-state index contributed by atoms with van der Waals surface area (Å²) >= 11 is 0. The minimum absolute atomic E-state index is 0.0384. The quantitative estimate of drug-likeness (QED) is 0.782. The molecule has 148 valence electrons. The Balaban J connectivity index is 2.21. The number of nitriles is 1. The average molecular weight is 382 g/mol. The predicted octanol–water partition coefficient (Wildman–Crippen LogP) is 3.61. The molecule has 0 fully saturated rings. The van der Waals surface area contributed by atoms with Gasteiger partial charge in [0.2, 0.25) is 5.88 Å². The number of esters is 1. The molecule has 3 rings (SSSR count). The van der Waals surface area contributed by atoms with Gasteiger partial charge in [-0.05, 0) is 69.2 Å². The van der Waals surface area contributed by atoms with Crippen molar-refractivity contribution >= 4 is 5.97 Å². The van der Waals surface area contributed by atoms with Crippen molar-refractivity contribution in [1.82, 2.24) is 0 Å². The van der Waals surface area contributed by atoms with Gasteiger partial charge in [-0.3, -0.25) is 0 Å². The van der Waals surface area contributed by atoms with Gasteiger partial charge in [-0.15, -0.1) is 0 Å².